The topological polar surface area (TPSA) is 60.2 Å². The molecule has 206 valence electrons. The largest absolute Gasteiger partial charge is 0.573 e. The van der Waals surface area contributed by atoms with Crippen molar-refractivity contribution in [3.05, 3.63) is 66.9 Å². The van der Waals surface area contributed by atoms with Gasteiger partial charge in [0.2, 0.25) is 0 Å². The summed E-state index contributed by atoms with van der Waals surface area (Å²) in [6.07, 6.45) is 4.76. The lowest BCUT2D eigenvalue weighted by atomic mass is 9.96. The van der Waals surface area contributed by atoms with Gasteiger partial charge in [0.15, 0.2) is 0 Å². The van der Waals surface area contributed by atoms with E-state index in [1.807, 2.05) is 73.6 Å². The van der Waals surface area contributed by atoms with Gasteiger partial charge in [-0.15, -0.1) is 18.3 Å². The van der Waals surface area contributed by atoms with E-state index in [4.69, 9.17) is 0 Å². The van der Waals surface area contributed by atoms with Gasteiger partial charge in [-0.05, 0) is 43.0 Å². The van der Waals surface area contributed by atoms with E-state index in [-0.39, 0.29) is 17.2 Å². The predicted octanol–water partition coefficient (Wildman–Crippen LogP) is 8.29. The van der Waals surface area contributed by atoms with Crippen molar-refractivity contribution in [2.45, 2.75) is 68.2 Å². The van der Waals surface area contributed by atoms with Crippen LogP contribution in [-0.2, 0) is 0 Å². The number of hydrogen-bond acceptors (Lipinski definition) is 4. The zero-order valence-corrected chi connectivity index (χ0v) is 23.3. The van der Waals surface area contributed by atoms with E-state index in [1.54, 1.807) is 11.0 Å². The second-order valence-electron chi connectivity index (χ2n) is 8.56. The van der Waals surface area contributed by atoms with E-state index in [9.17, 15) is 18.0 Å². The molecule has 1 aromatic carbocycles. The van der Waals surface area contributed by atoms with Crippen molar-refractivity contribution in [1.82, 2.24) is 19.9 Å². The third-order valence-electron chi connectivity index (χ3n) is 4.47. The number of alkyl halides is 3. The Balaban J connectivity index is 0.00000308. The first-order valence-corrected chi connectivity index (χ1v) is 12.4. The van der Waals surface area contributed by atoms with Gasteiger partial charge in [-0.3, -0.25) is 0 Å². The molecule has 0 aliphatic carbocycles. The standard InChI is InChI=1S/C24H29F3N4O2.2C2H6/c1-6-8-9-18(7-2)14-15-30(17-23(3,4)5)22(32)31-28-16-21(29-31)19-10-12-20(13-11-19)33-24(25,26)27;2*1-2/h6-13,16H,1,14-15,17H2,2-5H3;2*1-2H3/b9-8-,18-7+;;. The second-order valence-corrected chi connectivity index (χ2v) is 8.56. The second kappa shape index (κ2) is 16.4. The lowest BCUT2D eigenvalue weighted by molar-refractivity contribution is -0.274. The third-order valence-corrected chi connectivity index (χ3v) is 4.47. The summed E-state index contributed by atoms with van der Waals surface area (Å²) < 4.78 is 40.9. The van der Waals surface area contributed by atoms with Gasteiger partial charge in [0.1, 0.15) is 11.4 Å². The normalized spacial score (nSPS) is 11.7. The van der Waals surface area contributed by atoms with E-state index in [2.05, 4.69) is 21.5 Å². The number of ether oxygens (including phenoxy) is 1. The maximum Gasteiger partial charge on any atom is 0.573 e. The number of carbonyl (C=O) groups is 1. The van der Waals surface area contributed by atoms with Crippen LogP contribution in [-0.4, -0.2) is 45.4 Å². The first kappa shape index (κ1) is 33.6. The van der Waals surface area contributed by atoms with Crippen LogP contribution in [0.3, 0.4) is 0 Å². The monoisotopic (exact) mass is 522 g/mol. The molecule has 0 unspecified atom stereocenters. The molecule has 37 heavy (non-hydrogen) atoms. The number of allylic oxidation sites excluding steroid dienone is 4. The fraction of sp³-hybridized carbons (Fsp3) is 0.464. The Labute approximate surface area is 219 Å². The number of halogens is 3. The molecule has 1 aromatic heterocycles. The molecule has 6 nitrogen and oxygen atoms in total. The molecule has 0 fully saturated rings. The van der Waals surface area contributed by atoms with Crippen LogP contribution < -0.4 is 4.74 Å². The SMILES string of the molecule is C=C/C=C\C(=C/C)CCN(CC(C)(C)C)C(=O)n1ncc(-c2ccc(OC(F)(F)F)cc2)n1.CC.CC. The predicted molar refractivity (Wildman–Crippen MR) is 144 cm³/mol. The number of benzene rings is 1. The van der Waals surface area contributed by atoms with Crippen molar-refractivity contribution in [2.75, 3.05) is 13.1 Å². The molecule has 0 radical (unpaired) electrons. The van der Waals surface area contributed by atoms with Gasteiger partial charge in [0.25, 0.3) is 0 Å². The molecule has 2 aromatic rings. The highest BCUT2D eigenvalue weighted by atomic mass is 19.4. The summed E-state index contributed by atoms with van der Waals surface area (Å²) in [5.41, 5.74) is 1.79. The van der Waals surface area contributed by atoms with Crippen molar-refractivity contribution in [3.8, 4) is 17.0 Å². The van der Waals surface area contributed by atoms with Gasteiger partial charge >= 0.3 is 12.4 Å². The third kappa shape index (κ3) is 13.0. The Bertz CT molecular complexity index is 1000. The zero-order chi connectivity index (χ0) is 28.6. The molecule has 1 heterocycles. The van der Waals surface area contributed by atoms with Crippen LogP contribution in [0.25, 0.3) is 11.3 Å². The molecule has 0 bridgehead atoms. The molecule has 0 atom stereocenters. The molecule has 0 saturated heterocycles. The fourth-order valence-electron chi connectivity index (χ4n) is 3.04. The molecule has 0 aliphatic rings. The van der Waals surface area contributed by atoms with Gasteiger partial charge < -0.3 is 9.64 Å². The Kier molecular flexibility index (Phi) is 14.9. The molecular weight excluding hydrogens is 481 g/mol. The number of hydrogen-bond donors (Lipinski definition) is 0. The fourth-order valence-corrected chi connectivity index (χ4v) is 3.04. The summed E-state index contributed by atoms with van der Waals surface area (Å²) in [5, 5.41) is 8.33. The van der Waals surface area contributed by atoms with E-state index < -0.39 is 6.36 Å². The Morgan fingerprint density at radius 3 is 2.19 bits per heavy atom. The molecule has 0 spiro atoms. The number of carbonyl (C=O) groups excluding carboxylic acids is 1. The molecule has 0 aliphatic heterocycles. The van der Waals surface area contributed by atoms with Crippen LogP contribution in [0.4, 0.5) is 18.0 Å². The Morgan fingerprint density at radius 2 is 1.70 bits per heavy atom. The average Bonchev–Trinajstić information content (AvgIpc) is 3.34. The summed E-state index contributed by atoms with van der Waals surface area (Å²) in [5.74, 6) is -0.337. The quantitative estimate of drug-likeness (QED) is 0.327. The summed E-state index contributed by atoms with van der Waals surface area (Å²) in [4.78, 5) is 15.9. The van der Waals surface area contributed by atoms with Gasteiger partial charge in [0, 0.05) is 18.7 Å². The summed E-state index contributed by atoms with van der Waals surface area (Å²) in [7, 11) is 0. The van der Waals surface area contributed by atoms with Crippen molar-refractivity contribution < 1.29 is 22.7 Å². The average molecular weight is 523 g/mol. The van der Waals surface area contributed by atoms with Crippen molar-refractivity contribution in [2.24, 2.45) is 5.41 Å². The van der Waals surface area contributed by atoms with Crippen LogP contribution in [0.2, 0.25) is 0 Å². The van der Waals surface area contributed by atoms with Crippen LogP contribution in [0.15, 0.2) is 66.9 Å². The molecule has 0 N–H and O–H groups in total. The van der Waals surface area contributed by atoms with Crippen molar-refractivity contribution in [3.63, 3.8) is 0 Å². The molecule has 0 saturated carbocycles. The van der Waals surface area contributed by atoms with Gasteiger partial charge in [-0.1, -0.05) is 89.7 Å². The maximum absolute atomic E-state index is 13.2. The van der Waals surface area contributed by atoms with E-state index in [1.165, 1.54) is 30.5 Å². The maximum atomic E-state index is 13.2. The van der Waals surface area contributed by atoms with Crippen LogP contribution >= 0.6 is 0 Å². The first-order valence-electron chi connectivity index (χ1n) is 12.4. The molecule has 2 rings (SSSR count). The number of rotatable bonds is 8. The van der Waals surface area contributed by atoms with E-state index >= 15 is 0 Å². The highest BCUT2D eigenvalue weighted by Crippen LogP contribution is 2.25. The number of aromatic nitrogens is 3. The minimum Gasteiger partial charge on any atom is -0.406 e. The Hall–Kier alpha value is -3.36. The summed E-state index contributed by atoms with van der Waals surface area (Å²) in [6.45, 7) is 20.7. The number of amides is 1. The zero-order valence-electron chi connectivity index (χ0n) is 23.3. The van der Waals surface area contributed by atoms with E-state index in [0.29, 0.717) is 30.8 Å². The Morgan fingerprint density at radius 1 is 1.11 bits per heavy atom. The van der Waals surface area contributed by atoms with Gasteiger partial charge in [-0.25, -0.2) is 4.79 Å². The lowest BCUT2D eigenvalue weighted by Gasteiger charge is -2.29. The highest BCUT2D eigenvalue weighted by Gasteiger charge is 2.31. The van der Waals surface area contributed by atoms with Crippen LogP contribution in [0.1, 0.15) is 61.8 Å². The lowest BCUT2D eigenvalue weighted by Crippen LogP contribution is -2.41. The van der Waals surface area contributed by atoms with Crippen LogP contribution in [0.5, 0.6) is 5.75 Å². The summed E-state index contributed by atoms with van der Waals surface area (Å²) >= 11 is 0. The van der Waals surface area contributed by atoms with Gasteiger partial charge in [-0.2, -0.15) is 5.10 Å². The number of nitrogens with zero attached hydrogens (tertiary/aromatic N) is 4. The molecule has 9 heteroatoms. The smallest absolute Gasteiger partial charge is 0.406 e. The summed E-state index contributed by atoms with van der Waals surface area (Å²) in [6, 6.07) is 4.85. The first-order chi connectivity index (χ1) is 17.4. The van der Waals surface area contributed by atoms with Crippen molar-refractivity contribution >= 4 is 6.03 Å². The molecular formula is C28H41F3N4O2. The van der Waals surface area contributed by atoms with E-state index in [0.717, 1.165) is 10.4 Å². The minimum atomic E-state index is -4.76. The highest BCUT2D eigenvalue weighted by molar-refractivity contribution is 5.75. The van der Waals surface area contributed by atoms with Crippen LogP contribution in [0, 0.1) is 5.41 Å². The van der Waals surface area contributed by atoms with Gasteiger partial charge in [0.05, 0.1) is 6.20 Å². The minimum absolute atomic E-state index is 0.146. The molecule has 1 amide bonds. The van der Waals surface area contributed by atoms with Crippen molar-refractivity contribution in [1.29, 1.82) is 0 Å².